The van der Waals surface area contributed by atoms with Crippen molar-refractivity contribution >= 4 is 29.4 Å². The minimum atomic E-state index is -1.32. The molecule has 0 radical (unpaired) electrons. The maximum absolute atomic E-state index is 13.2. The number of carbonyl (C=O) groups excluding carboxylic acids is 1. The van der Waals surface area contributed by atoms with Crippen molar-refractivity contribution in [3.63, 3.8) is 0 Å². The highest BCUT2D eigenvalue weighted by Gasteiger charge is 2.46. The summed E-state index contributed by atoms with van der Waals surface area (Å²) in [7, 11) is 0. The molecular formula is C21H18O5. The molecular weight excluding hydrogens is 332 g/mol. The Balaban J connectivity index is 2.30. The van der Waals surface area contributed by atoms with Crippen LogP contribution in [0.25, 0.3) is 11.6 Å². The van der Waals surface area contributed by atoms with Crippen molar-refractivity contribution in [2.75, 3.05) is 0 Å². The molecule has 0 aromatic heterocycles. The van der Waals surface area contributed by atoms with Crippen LogP contribution < -0.4 is 10.4 Å². The van der Waals surface area contributed by atoms with Gasteiger partial charge in [0, 0.05) is 5.56 Å². The van der Waals surface area contributed by atoms with Crippen LogP contribution >= 0.6 is 0 Å². The number of aliphatic carboxylic acids is 1. The number of aromatic carboxylic acids is 1. The summed E-state index contributed by atoms with van der Waals surface area (Å²) in [5.41, 5.74) is -0.264. The van der Waals surface area contributed by atoms with E-state index in [-0.39, 0.29) is 11.3 Å². The fourth-order valence-electron chi connectivity index (χ4n) is 3.72. The Morgan fingerprint density at radius 1 is 0.962 bits per heavy atom. The number of ketones is 1. The number of benzene rings is 2. The van der Waals surface area contributed by atoms with Gasteiger partial charge in [0.15, 0.2) is 5.78 Å². The molecule has 2 aromatic rings. The van der Waals surface area contributed by atoms with E-state index in [4.69, 9.17) is 0 Å². The Bertz CT molecular complexity index is 1040. The lowest BCUT2D eigenvalue weighted by Crippen LogP contribution is -2.48. The number of carboxylic acids is 2. The molecule has 1 aliphatic carbocycles. The molecule has 0 spiro atoms. The normalized spacial score (nSPS) is 21.5. The molecule has 0 heterocycles. The van der Waals surface area contributed by atoms with Gasteiger partial charge in [-0.3, -0.25) is 9.59 Å². The lowest BCUT2D eigenvalue weighted by molar-refractivity contribution is -0.141. The summed E-state index contributed by atoms with van der Waals surface area (Å²) in [6.45, 7) is 3.28. The molecule has 26 heavy (non-hydrogen) atoms. The van der Waals surface area contributed by atoms with E-state index in [0.29, 0.717) is 21.6 Å². The Morgan fingerprint density at radius 2 is 1.62 bits per heavy atom. The molecule has 3 rings (SSSR count). The zero-order valence-corrected chi connectivity index (χ0v) is 14.4. The first-order valence-electron chi connectivity index (χ1n) is 8.15. The number of carboxylic acid groups (broad SMARTS) is 2. The number of hydrogen-bond donors (Lipinski definition) is 2. The number of rotatable bonds is 4. The highest BCUT2D eigenvalue weighted by Crippen LogP contribution is 2.39. The molecule has 0 fully saturated rings. The van der Waals surface area contributed by atoms with E-state index in [9.17, 15) is 24.6 Å². The van der Waals surface area contributed by atoms with Gasteiger partial charge in [-0.1, -0.05) is 48.0 Å². The largest absolute Gasteiger partial charge is 0.481 e. The van der Waals surface area contributed by atoms with Crippen molar-refractivity contribution in [1.29, 1.82) is 0 Å². The Kier molecular flexibility index (Phi) is 4.24. The van der Waals surface area contributed by atoms with Gasteiger partial charge in [0.2, 0.25) is 0 Å². The Labute approximate surface area is 149 Å². The van der Waals surface area contributed by atoms with Gasteiger partial charge in [-0.15, -0.1) is 0 Å². The fraction of sp³-hybridized carbons (Fsp3) is 0.190. The topological polar surface area (TPSA) is 91.7 Å². The first-order chi connectivity index (χ1) is 12.3. The molecule has 2 N–H and O–H groups in total. The first kappa shape index (κ1) is 17.6. The summed E-state index contributed by atoms with van der Waals surface area (Å²) in [6.07, 6.45) is 1.59. The van der Waals surface area contributed by atoms with E-state index in [1.165, 1.54) is 12.1 Å². The fourth-order valence-corrected chi connectivity index (χ4v) is 3.72. The second-order valence-electron chi connectivity index (χ2n) is 6.68. The van der Waals surface area contributed by atoms with Crippen molar-refractivity contribution in [1.82, 2.24) is 0 Å². The zero-order valence-electron chi connectivity index (χ0n) is 14.4. The van der Waals surface area contributed by atoms with E-state index in [1.807, 2.05) is 0 Å². The minimum absolute atomic E-state index is 0.0936. The van der Waals surface area contributed by atoms with Gasteiger partial charge >= 0.3 is 11.9 Å². The van der Waals surface area contributed by atoms with Crippen molar-refractivity contribution in [3.8, 4) is 0 Å². The Hall–Kier alpha value is -3.21. The van der Waals surface area contributed by atoms with E-state index in [2.05, 4.69) is 0 Å². The molecule has 2 aromatic carbocycles. The van der Waals surface area contributed by atoms with E-state index in [0.717, 1.165) is 0 Å². The average molecular weight is 350 g/mol. The lowest BCUT2D eigenvalue weighted by atomic mass is 9.66. The Morgan fingerprint density at radius 3 is 2.19 bits per heavy atom. The van der Waals surface area contributed by atoms with Crippen LogP contribution in [0.4, 0.5) is 0 Å². The summed E-state index contributed by atoms with van der Waals surface area (Å²) < 4.78 is 0. The van der Waals surface area contributed by atoms with Crippen LogP contribution in [0.15, 0.2) is 48.5 Å². The molecule has 132 valence electrons. The summed E-state index contributed by atoms with van der Waals surface area (Å²) in [5, 5.41) is 20.3. The third-order valence-electron chi connectivity index (χ3n) is 4.98. The summed E-state index contributed by atoms with van der Waals surface area (Å²) in [5.74, 6) is -3.50. The SMILES string of the molecule is CC1=c2ccc(C(=O)O)cc2=CC(C)(C(=O)c2ccccc2)C1C(=O)O. The van der Waals surface area contributed by atoms with E-state index >= 15 is 0 Å². The van der Waals surface area contributed by atoms with Crippen molar-refractivity contribution in [3.05, 3.63) is 70.1 Å². The number of fused-ring (bicyclic) bond motifs is 1. The molecule has 2 unspecified atom stereocenters. The number of Topliss-reactive ketones (excluding diaryl/α,β-unsaturated/α-hetero) is 1. The van der Waals surface area contributed by atoms with Gasteiger partial charge in [0.25, 0.3) is 0 Å². The molecule has 0 saturated carbocycles. The number of carbonyl (C=O) groups is 3. The van der Waals surface area contributed by atoms with Crippen LogP contribution in [0, 0.1) is 11.3 Å². The summed E-state index contributed by atoms with van der Waals surface area (Å²) in [6, 6.07) is 13.1. The molecule has 0 saturated heterocycles. The van der Waals surface area contributed by atoms with Gasteiger partial charge in [-0.25, -0.2) is 4.79 Å². The van der Waals surface area contributed by atoms with Gasteiger partial charge in [0.1, 0.15) is 0 Å². The van der Waals surface area contributed by atoms with Crippen molar-refractivity contribution < 1.29 is 24.6 Å². The van der Waals surface area contributed by atoms with Crippen LogP contribution in [-0.4, -0.2) is 27.9 Å². The van der Waals surface area contributed by atoms with Crippen LogP contribution in [0.2, 0.25) is 0 Å². The third kappa shape index (κ3) is 2.71. The maximum Gasteiger partial charge on any atom is 0.335 e. The predicted octanol–water partition coefficient (Wildman–Crippen LogP) is 1.94. The lowest BCUT2D eigenvalue weighted by Gasteiger charge is -2.34. The zero-order chi connectivity index (χ0) is 19.1. The molecule has 0 amide bonds. The van der Waals surface area contributed by atoms with Gasteiger partial charge in [0.05, 0.1) is 16.9 Å². The highest BCUT2D eigenvalue weighted by molar-refractivity contribution is 6.08. The van der Waals surface area contributed by atoms with Crippen LogP contribution in [-0.2, 0) is 4.79 Å². The quantitative estimate of drug-likeness (QED) is 0.822. The predicted molar refractivity (Wildman–Crippen MR) is 96.2 cm³/mol. The molecule has 5 nitrogen and oxygen atoms in total. The second kappa shape index (κ2) is 6.26. The van der Waals surface area contributed by atoms with Crippen LogP contribution in [0.3, 0.4) is 0 Å². The van der Waals surface area contributed by atoms with E-state index in [1.54, 1.807) is 56.3 Å². The van der Waals surface area contributed by atoms with Gasteiger partial charge < -0.3 is 10.2 Å². The third-order valence-corrected chi connectivity index (χ3v) is 4.98. The maximum atomic E-state index is 13.2. The smallest absolute Gasteiger partial charge is 0.335 e. The van der Waals surface area contributed by atoms with Crippen LogP contribution in [0.1, 0.15) is 34.6 Å². The molecule has 1 aliphatic rings. The van der Waals surface area contributed by atoms with Gasteiger partial charge in [-0.2, -0.15) is 0 Å². The van der Waals surface area contributed by atoms with Crippen LogP contribution in [0.5, 0.6) is 0 Å². The molecule has 0 aliphatic heterocycles. The monoisotopic (exact) mass is 350 g/mol. The molecule has 0 bridgehead atoms. The summed E-state index contributed by atoms with van der Waals surface area (Å²) in [4.78, 5) is 36.5. The second-order valence-corrected chi connectivity index (χ2v) is 6.68. The van der Waals surface area contributed by atoms with Gasteiger partial charge in [-0.05, 0) is 36.4 Å². The first-order valence-corrected chi connectivity index (χ1v) is 8.15. The van der Waals surface area contributed by atoms with Crippen molar-refractivity contribution in [2.45, 2.75) is 13.8 Å². The molecule has 2 atom stereocenters. The minimum Gasteiger partial charge on any atom is -0.481 e. The number of hydrogen-bond acceptors (Lipinski definition) is 3. The van der Waals surface area contributed by atoms with Crippen molar-refractivity contribution in [2.24, 2.45) is 11.3 Å². The average Bonchev–Trinajstić information content (AvgIpc) is 2.60. The standard InChI is InChI=1S/C21H18O5/c1-12-16-9-8-14(19(23)24)10-15(16)11-21(2,17(12)20(25)26)18(22)13-6-4-3-5-7-13/h3-11,17H,1-2H3,(H,23,24)(H,25,26). The molecule has 5 heteroatoms. The highest BCUT2D eigenvalue weighted by atomic mass is 16.4. The van der Waals surface area contributed by atoms with E-state index < -0.39 is 23.3 Å². The summed E-state index contributed by atoms with van der Waals surface area (Å²) >= 11 is 0.